The molecule has 0 radical (unpaired) electrons. The molecule has 0 atom stereocenters. The van der Waals surface area contributed by atoms with E-state index in [2.05, 4.69) is 11.8 Å². The van der Waals surface area contributed by atoms with Crippen molar-refractivity contribution in [3.63, 3.8) is 0 Å². The average Bonchev–Trinajstić information content (AvgIpc) is 2.15. The van der Waals surface area contributed by atoms with Crippen LogP contribution in [0.15, 0.2) is 0 Å². The molecule has 1 saturated carbocycles. The van der Waals surface area contributed by atoms with Gasteiger partial charge in [-0.25, -0.2) is 0 Å². The van der Waals surface area contributed by atoms with Crippen LogP contribution in [0.5, 0.6) is 0 Å². The van der Waals surface area contributed by atoms with Crippen molar-refractivity contribution in [1.29, 1.82) is 0 Å². The Morgan fingerprint density at radius 1 is 1.29 bits per heavy atom. The van der Waals surface area contributed by atoms with E-state index in [0.717, 1.165) is 0 Å². The van der Waals surface area contributed by atoms with Gasteiger partial charge in [-0.3, -0.25) is 9.59 Å². The van der Waals surface area contributed by atoms with Gasteiger partial charge in [0, 0.05) is 19.3 Å². The summed E-state index contributed by atoms with van der Waals surface area (Å²) >= 11 is 0. The van der Waals surface area contributed by atoms with E-state index in [1.54, 1.807) is 6.92 Å². The smallest absolute Gasteiger partial charge is 0.147 e. The largest absolute Gasteiger partial charge is 0.384 e. The molecule has 3 heteroatoms. The molecule has 0 bridgehead atoms. The third-order valence-electron chi connectivity index (χ3n) is 2.68. The maximum absolute atomic E-state index is 11.6. The zero-order valence-electron chi connectivity index (χ0n) is 8.30. The van der Waals surface area contributed by atoms with E-state index in [-0.39, 0.29) is 24.6 Å². The normalized spacial score (nSPS) is 20.1. The Bertz CT molecular complexity index is 290. The van der Waals surface area contributed by atoms with Gasteiger partial charge in [0.2, 0.25) is 0 Å². The third-order valence-corrected chi connectivity index (χ3v) is 2.68. The molecule has 14 heavy (non-hydrogen) atoms. The number of hydrogen-bond donors (Lipinski definition) is 1. The predicted octanol–water partition coefficient (Wildman–Crippen LogP) is 0.701. The quantitative estimate of drug-likeness (QED) is 0.494. The molecule has 1 fully saturated rings. The fourth-order valence-electron chi connectivity index (χ4n) is 1.61. The van der Waals surface area contributed by atoms with Gasteiger partial charge in [0.15, 0.2) is 0 Å². The minimum atomic E-state index is -0.916. The first kappa shape index (κ1) is 10.9. The molecule has 76 valence electrons. The van der Waals surface area contributed by atoms with Crippen LogP contribution in [0.1, 0.15) is 32.6 Å². The number of carbonyl (C=O) groups is 2. The molecule has 0 aromatic carbocycles. The van der Waals surface area contributed by atoms with Crippen LogP contribution in [-0.4, -0.2) is 23.3 Å². The summed E-state index contributed by atoms with van der Waals surface area (Å²) in [6.07, 6.45) is 1.86. The summed E-state index contributed by atoms with van der Waals surface area (Å²) in [6, 6.07) is 0. The zero-order chi connectivity index (χ0) is 10.6. The number of ketones is 2. The van der Waals surface area contributed by atoms with Crippen LogP contribution in [-0.2, 0) is 9.59 Å². The molecule has 0 heterocycles. The molecule has 1 rings (SSSR count). The Balaban J connectivity index is 2.77. The van der Waals surface area contributed by atoms with Crippen molar-refractivity contribution >= 4 is 11.6 Å². The van der Waals surface area contributed by atoms with E-state index < -0.39 is 5.41 Å². The van der Waals surface area contributed by atoms with Crippen molar-refractivity contribution in [3.8, 4) is 11.8 Å². The number of carbonyl (C=O) groups excluding carboxylic acids is 2. The summed E-state index contributed by atoms with van der Waals surface area (Å²) in [4.78, 5) is 23.1. The first-order valence-corrected chi connectivity index (χ1v) is 4.74. The summed E-state index contributed by atoms with van der Waals surface area (Å²) in [5.74, 6) is 5.10. The molecule has 0 saturated heterocycles. The zero-order valence-corrected chi connectivity index (χ0v) is 8.30. The Morgan fingerprint density at radius 2 is 1.86 bits per heavy atom. The lowest BCUT2D eigenvalue weighted by Crippen LogP contribution is -2.39. The molecule has 1 aliphatic carbocycles. The number of hydrogen-bond acceptors (Lipinski definition) is 3. The first-order valence-electron chi connectivity index (χ1n) is 4.74. The van der Waals surface area contributed by atoms with Crippen molar-refractivity contribution in [3.05, 3.63) is 0 Å². The summed E-state index contributed by atoms with van der Waals surface area (Å²) in [5.41, 5.74) is -0.916. The van der Waals surface area contributed by atoms with Crippen LogP contribution < -0.4 is 0 Å². The van der Waals surface area contributed by atoms with E-state index in [1.165, 1.54) is 0 Å². The Morgan fingerprint density at radius 3 is 2.36 bits per heavy atom. The number of rotatable bonds is 1. The van der Waals surface area contributed by atoms with E-state index in [9.17, 15) is 9.59 Å². The maximum Gasteiger partial charge on any atom is 0.147 e. The second kappa shape index (κ2) is 4.39. The van der Waals surface area contributed by atoms with Crippen LogP contribution in [0, 0.1) is 17.3 Å². The van der Waals surface area contributed by atoms with Gasteiger partial charge in [0.1, 0.15) is 18.2 Å². The standard InChI is InChI=1S/C11H14O3/c1-11(7-2-3-8-12)9(13)5-4-6-10(11)14/h12H,4-8H2,1H3. The van der Waals surface area contributed by atoms with Gasteiger partial charge in [0.05, 0.1) is 5.41 Å². The highest BCUT2D eigenvalue weighted by molar-refractivity contribution is 6.08. The van der Waals surface area contributed by atoms with Crippen LogP contribution in [0.2, 0.25) is 0 Å². The molecular weight excluding hydrogens is 180 g/mol. The van der Waals surface area contributed by atoms with Crippen LogP contribution >= 0.6 is 0 Å². The van der Waals surface area contributed by atoms with Gasteiger partial charge in [-0.2, -0.15) is 0 Å². The Hall–Kier alpha value is -1.14. The van der Waals surface area contributed by atoms with Gasteiger partial charge in [-0.15, -0.1) is 0 Å². The highest BCUT2D eigenvalue weighted by Gasteiger charge is 2.41. The molecule has 0 unspecified atom stereocenters. The first-order chi connectivity index (χ1) is 6.61. The second-order valence-corrected chi connectivity index (χ2v) is 3.72. The number of aliphatic hydroxyl groups excluding tert-OH is 1. The lowest BCUT2D eigenvalue weighted by molar-refractivity contribution is -0.142. The van der Waals surface area contributed by atoms with Gasteiger partial charge >= 0.3 is 0 Å². The van der Waals surface area contributed by atoms with Crippen molar-refractivity contribution in [2.75, 3.05) is 6.61 Å². The molecule has 0 aromatic rings. The summed E-state index contributed by atoms with van der Waals surface area (Å²) < 4.78 is 0. The SMILES string of the molecule is CC1(CC#CCO)C(=O)CCCC1=O. The van der Waals surface area contributed by atoms with Gasteiger partial charge in [0.25, 0.3) is 0 Å². The number of aliphatic hydroxyl groups is 1. The van der Waals surface area contributed by atoms with Crippen LogP contribution in [0.4, 0.5) is 0 Å². The fourth-order valence-corrected chi connectivity index (χ4v) is 1.61. The molecule has 1 aliphatic rings. The summed E-state index contributed by atoms with van der Waals surface area (Å²) in [7, 11) is 0. The van der Waals surface area contributed by atoms with E-state index in [0.29, 0.717) is 19.3 Å². The Kier molecular flexibility index (Phi) is 3.43. The molecule has 0 aliphatic heterocycles. The lowest BCUT2D eigenvalue weighted by Gasteiger charge is -2.28. The second-order valence-electron chi connectivity index (χ2n) is 3.72. The molecular formula is C11H14O3. The van der Waals surface area contributed by atoms with Crippen molar-refractivity contribution in [2.45, 2.75) is 32.6 Å². The minimum Gasteiger partial charge on any atom is -0.384 e. The summed E-state index contributed by atoms with van der Waals surface area (Å²) in [5, 5.41) is 8.47. The molecule has 3 nitrogen and oxygen atoms in total. The molecule has 1 N–H and O–H groups in total. The molecule has 0 aromatic heterocycles. The topological polar surface area (TPSA) is 54.4 Å². The van der Waals surface area contributed by atoms with E-state index in [4.69, 9.17) is 5.11 Å². The fraction of sp³-hybridized carbons (Fsp3) is 0.636. The van der Waals surface area contributed by atoms with Crippen molar-refractivity contribution < 1.29 is 14.7 Å². The van der Waals surface area contributed by atoms with Crippen molar-refractivity contribution in [2.24, 2.45) is 5.41 Å². The summed E-state index contributed by atoms with van der Waals surface area (Å²) in [6.45, 7) is 1.43. The third kappa shape index (κ3) is 2.02. The molecule has 0 spiro atoms. The van der Waals surface area contributed by atoms with Gasteiger partial charge in [-0.05, 0) is 13.3 Å². The molecule has 0 amide bonds. The van der Waals surface area contributed by atoms with Gasteiger partial charge in [-0.1, -0.05) is 11.8 Å². The Labute approximate surface area is 83.5 Å². The monoisotopic (exact) mass is 194 g/mol. The van der Waals surface area contributed by atoms with E-state index >= 15 is 0 Å². The highest BCUT2D eigenvalue weighted by atomic mass is 16.2. The minimum absolute atomic E-state index is 0.0130. The van der Waals surface area contributed by atoms with Crippen LogP contribution in [0.25, 0.3) is 0 Å². The maximum atomic E-state index is 11.6. The lowest BCUT2D eigenvalue weighted by atomic mass is 9.71. The van der Waals surface area contributed by atoms with Gasteiger partial charge < -0.3 is 5.11 Å². The highest BCUT2D eigenvalue weighted by Crippen LogP contribution is 2.32. The average molecular weight is 194 g/mol. The van der Waals surface area contributed by atoms with Crippen LogP contribution in [0.3, 0.4) is 0 Å². The predicted molar refractivity (Wildman–Crippen MR) is 51.5 cm³/mol. The van der Waals surface area contributed by atoms with E-state index in [1.807, 2.05) is 0 Å². The van der Waals surface area contributed by atoms with Crippen molar-refractivity contribution in [1.82, 2.24) is 0 Å². The number of Topliss-reactive ketones (excluding diaryl/α,β-unsaturated/α-hetero) is 2.